The normalized spacial score (nSPS) is 11.3. The number of carbonyl (C=O) groups is 2. The Kier molecular flexibility index (Phi) is 8.17. The number of anilines is 2. The summed E-state index contributed by atoms with van der Waals surface area (Å²) >= 11 is 1.35. The van der Waals surface area contributed by atoms with Crippen molar-refractivity contribution in [2.75, 3.05) is 17.7 Å². The van der Waals surface area contributed by atoms with Gasteiger partial charge in [-0.05, 0) is 48.0 Å². The van der Waals surface area contributed by atoms with Crippen molar-refractivity contribution in [1.29, 1.82) is 0 Å². The molecule has 8 nitrogen and oxygen atoms in total. The van der Waals surface area contributed by atoms with Crippen molar-refractivity contribution in [2.45, 2.75) is 10.1 Å². The van der Waals surface area contributed by atoms with Gasteiger partial charge in [0.1, 0.15) is 11.0 Å². The Balaban J connectivity index is 1.52. The fraction of sp³-hybridized carbons (Fsp3) is 0.0714. The Morgan fingerprint density at radius 3 is 2.19 bits per heavy atom. The molecule has 0 spiro atoms. The molecule has 4 aromatic rings. The van der Waals surface area contributed by atoms with E-state index >= 15 is 0 Å². The lowest BCUT2D eigenvalue weighted by Gasteiger charge is -2.18. The molecular formula is C28H23N3O5S. The van der Waals surface area contributed by atoms with Crippen LogP contribution in [-0.4, -0.2) is 23.8 Å². The van der Waals surface area contributed by atoms with Crippen LogP contribution in [0.5, 0.6) is 5.75 Å². The second-order valence-corrected chi connectivity index (χ2v) is 9.09. The van der Waals surface area contributed by atoms with E-state index in [2.05, 4.69) is 10.6 Å². The fourth-order valence-electron chi connectivity index (χ4n) is 3.53. The summed E-state index contributed by atoms with van der Waals surface area (Å²) in [6.07, 6.45) is 0. The highest BCUT2D eigenvalue weighted by molar-refractivity contribution is 8.00. The van der Waals surface area contributed by atoms with Gasteiger partial charge >= 0.3 is 0 Å². The molecule has 4 aromatic carbocycles. The Morgan fingerprint density at radius 1 is 0.838 bits per heavy atom. The molecule has 0 heterocycles. The number of methoxy groups -OCH3 is 1. The van der Waals surface area contributed by atoms with Gasteiger partial charge in [0.2, 0.25) is 5.91 Å². The number of nitrogens with one attached hydrogen (secondary N) is 2. The first-order valence-corrected chi connectivity index (χ1v) is 12.1. The number of amides is 2. The van der Waals surface area contributed by atoms with E-state index in [4.69, 9.17) is 4.74 Å². The topological polar surface area (TPSA) is 111 Å². The standard InChI is InChI=1S/C28H23N3O5S/c1-36-24-11-5-9-21(17-24)30-28(33)26(19-7-3-2-4-8-19)37-25-12-6-10-22(18-25)29-27(32)20-13-15-23(16-14-20)31(34)35/h2-18,26H,1H3,(H,29,32)(H,30,33). The molecule has 0 aliphatic carbocycles. The van der Waals surface area contributed by atoms with E-state index in [1.807, 2.05) is 36.4 Å². The Labute approximate surface area is 217 Å². The number of ether oxygens (including phenoxy) is 1. The summed E-state index contributed by atoms with van der Waals surface area (Å²) in [4.78, 5) is 37.1. The van der Waals surface area contributed by atoms with Crippen molar-refractivity contribution in [3.05, 3.63) is 124 Å². The zero-order chi connectivity index (χ0) is 26.2. The van der Waals surface area contributed by atoms with Crippen molar-refractivity contribution in [3.63, 3.8) is 0 Å². The molecule has 4 rings (SSSR count). The van der Waals surface area contributed by atoms with Crippen LogP contribution in [0.3, 0.4) is 0 Å². The average molecular weight is 514 g/mol. The van der Waals surface area contributed by atoms with Crippen molar-refractivity contribution in [3.8, 4) is 5.75 Å². The fourth-order valence-corrected chi connectivity index (χ4v) is 4.61. The van der Waals surface area contributed by atoms with Crippen LogP contribution in [0.2, 0.25) is 0 Å². The number of nitrogens with zero attached hydrogens (tertiary/aromatic N) is 1. The zero-order valence-corrected chi connectivity index (χ0v) is 20.6. The highest BCUT2D eigenvalue weighted by Gasteiger charge is 2.23. The van der Waals surface area contributed by atoms with Crippen molar-refractivity contribution < 1.29 is 19.2 Å². The minimum atomic E-state index is -0.562. The third-order valence-electron chi connectivity index (χ3n) is 5.36. The maximum absolute atomic E-state index is 13.3. The summed E-state index contributed by atoms with van der Waals surface area (Å²) < 4.78 is 5.25. The van der Waals surface area contributed by atoms with Crippen molar-refractivity contribution >= 4 is 40.6 Å². The number of carbonyl (C=O) groups excluding carboxylic acids is 2. The lowest BCUT2D eigenvalue weighted by molar-refractivity contribution is -0.384. The van der Waals surface area contributed by atoms with E-state index in [0.717, 1.165) is 10.5 Å². The van der Waals surface area contributed by atoms with Crippen LogP contribution < -0.4 is 15.4 Å². The number of nitro benzene ring substituents is 1. The zero-order valence-electron chi connectivity index (χ0n) is 19.8. The molecule has 0 saturated heterocycles. The first-order valence-electron chi connectivity index (χ1n) is 11.3. The minimum Gasteiger partial charge on any atom is -0.497 e. The van der Waals surface area contributed by atoms with E-state index in [0.29, 0.717) is 22.7 Å². The number of hydrogen-bond donors (Lipinski definition) is 2. The van der Waals surface area contributed by atoms with Crippen molar-refractivity contribution in [2.24, 2.45) is 0 Å². The number of nitro groups is 1. The van der Waals surface area contributed by atoms with Crippen LogP contribution in [0.4, 0.5) is 17.1 Å². The van der Waals surface area contributed by atoms with Gasteiger partial charge in [0.05, 0.1) is 12.0 Å². The van der Waals surface area contributed by atoms with Gasteiger partial charge in [-0.15, -0.1) is 11.8 Å². The summed E-state index contributed by atoms with van der Waals surface area (Å²) in [6, 6.07) is 29.1. The molecule has 186 valence electrons. The highest BCUT2D eigenvalue weighted by Crippen LogP contribution is 2.37. The molecule has 0 fully saturated rings. The first-order chi connectivity index (χ1) is 17.9. The van der Waals surface area contributed by atoms with Crippen LogP contribution in [0.25, 0.3) is 0 Å². The van der Waals surface area contributed by atoms with Crippen LogP contribution in [-0.2, 0) is 4.79 Å². The lowest BCUT2D eigenvalue weighted by atomic mass is 10.1. The van der Waals surface area contributed by atoms with Gasteiger partial charge in [-0.2, -0.15) is 0 Å². The Hall–Kier alpha value is -4.63. The maximum atomic E-state index is 13.3. The summed E-state index contributed by atoms with van der Waals surface area (Å²) in [5.41, 5.74) is 2.19. The summed E-state index contributed by atoms with van der Waals surface area (Å²) in [7, 11) is 1.57. The molecule has 1 unspecified atom stereocenters. The minimum absolute atomic E-state index is 0.0888. The molecule has 0 aromatic heterocycles. The van der Waals surface area contributed by atoms with Crippen LogP contribution in [0, 0.1) is 10.1 Å². The highest BCUT2D eigenvalue weighted by atomic mass is 32.2. The number of hydrogen-bond acceptors (Lipinski definition) is 6. The average Bonchev–Trinajstić information content (AvgIpc) is 2.92. The molecule has 2 N–H and O–H groups in total. The quantitative estimate of drug-likeness (QED) is 0.154. The maximum Gasteiger partial charge on any atom is 0.269 e. The van der Waals surface area contributed by atoms with E-state index in [9.17, 15) is 19.7 Å². The van der Waals surface area contributed by atoms with Gasteiger partial charge in [-0.3, -0.25) is 19.7 Å². The summed E-state index contributed by atoms with van der Waals surface area (Å²) in [6.45, 7) is 0. The molecule has 9 heteroatoms. The predicted molar refractivity (Wildman–Crippen MR) is 144 cm³/mol. The van der Waals surface area contributed by atoms with Crippen molar-refractivity contribution in [1.82, 2.24) is 0 Å². The van der Waals surface area contributed by atoms with Gasteiger partial charge in [-0.1, -0.05) is 42.5 Å². The summed E-state index contributed by atoms with van der Waals surface area (Å²) in [5, 5.41) is 16.1. The number of rotatable bonds is 9. The van der Waals surface area contributed by atoms with Crippen LogP contribution in [0.15, 0.2) is 108 Å². The monoisotopic (exact) mass is 513 g/mol. The van der Waals surface area contributed by atoms with E-state index in [-0.39, 0.29) is 11.6 Å². The van der Waals surface area contributed by atoms with E-state index < -0.39 is 16.1 Å². The third-order valence-corrected chi connectivity index (χ3v) is 6.61. The number of benzene rings is 4. The lowest BCUT2D eigenvalue weighted by Crippen LogP contribution is -2.19. The Bertz CT molecular complexity index is 1410. The SMILES string of the molecule is COc1cccc(NC(=O)C(Sc2cccc(NC(=O)c3ccc([N+](=O)[O-])cc3)c2)c2ccccc2)c1. The third kappa shape index (κ3) is 6.74. The first kappa shape index (κ1) is 25.5. The number of thioether (sulfide) groups is 1. The van der Waals surface area contributed by atoms with Gasteiger partial charge in [0.25, 0.3) is 11.6 Å². The smallest absolute Gasteiger partial charge is 0.269 e. The summed E-state index contributed by atoms with van der Waals surface area (Å²) in [5.74, 6) is 0.0374. The second kappa shape index (κ2) is 11.9. The van der Waals surface area contributed by atoms with Gasteiger partial charge in [0, 0.05) is 40.0 Å². The molecule has 0 bridgehead atoms. The number of non-ortho nitro benzene ring substituents is 1. The molecule has 0 aliphatic rings. The predicted octanol–water partition coefficient (Wildman–Crippen LogP) is 6.33. The largest absolute Gasteiger partial charge is 0.497 e. The van der Waals surface area contributed by atoms with E-state index in [1.165, 1.54) is 36.0 Å². The molecular weight excluding hydrogens is 490 g/mol. The second-order valence-electron chi connectivity index (χ2n) is 7.92. The molecule has 37 heavy (non-hydrogen) atoms. The van der Waals surface area contributed by atoms with Gasteiger partial charge in [0.15, 0.2) is 0 Å². The Morgan fingerprint density at radius 2 is 1.51 bits per heavy atom. The van der Waals surface area contributed by atoms with Gasteiger partial charge in [-0.25, -0.2) is 0 Å². The molecule has 0 aliphatic heterocycles. The molecule has 1 atom stereocenters. The van der Waals surface area contributed by atoms with Gasteiger partial charge < -0.3 is 15.4 Å². The molecule has 0 radical (unpaired) electrons. The van der Waals surface area contributed by atoms with Crippen LogP contribution in [0.1, 0.15) is 21.2 Å². The molecule has 0 saturated carbocycles. The molecule has 2 amide bonds. The van der Waals surface area contributed by atoms with E-state index in [1.54, 1.807) is 49.6 Å². The van der Waals surface area contributed by atoms with Crippen LogP contribution >= 0.6 is 11.8 Å².